The number of nitrogens with one attached hydrogen (secondary N) is 1. The molecule has 0 saturated heterocycles. The Morgan fingerprint density at radius 2 is 1.84 bits per heavy atom. The largest absolute Gasteiger partial charge is 0.392 e. The van der Waals surface area contributed by atoms with Gasteiger partial charge in [-0.3, -0.25) is 9.59 Å². The molecule has 2 saturated carbocycles. The van der Waals surface area contributed by atoms with Crippen LogP contribution in [0.3, 0.4) is 0 Å². The van der Waals surface area contributed by atoms with Crippen molar-refractivity contribution in [3.63, 3.8) is 0 Å². The SMILES string of the molecule is CCN(CC)C(=O)[C@@H](C)C1CC[C@@]2(C)CC[C@H](NC(=O)c3cncnc3)[C@@H](C)[C@@H]2[C@H]1O. The highest BCUT2D eigenvalue weighted by atomic mass is 16.3. The predicted octanol–water partition coefficient (Wildman–Crippen LogP) is 2.90. The minimum absolute atomic E-state index is 0.0204. The van der Waals surface area contributed by atoms with E-state index in [1.54, 1.807) is 0 Å². The number of aliphatic hydroxyl groups is 1. The Kier molecular flexibility index (Phi) is 7.35. The predicted molar refractivity (Wildman–Crippen MR) is 119 cm³/mol. The molecular formula is C24H38N4O3. The Morgan fingerprint density at radius 1 is 1.23 bits per heavy atom. The van der Waals surface area contributed by atoms with Gasteiger partial charge in [-0.15, -0.1) is 0 Å². The van der Waals surface area contributed by atoms with E-state index < -0.39 is 6.10 Å². The average Bonchev–Trinajstić information content (AvgIpc) is 2.76. The molecule has 7 heteroatoms. The van der Waals surface area contributed by atoms with Gasteiger partial charge in [-0.1, -0.05) is 20.8 Å². The number of carbonyl (C=O) groups excluding carboxylic acids is 2. The number of rotatable bonds is 6. The fourth-order valence-electron chi connectivity index (χ4n) is 6.17. The van der Waals surface area contributed by atoms with Crippen LogP contribution in [0.15, 0.2) is 18.7 Å². The molecule has 7 atom stereocenters. The van der Waals surface area contributed by atoms with Crippen molar-refractivity contribution in [3.05, 3.63) is 24.3 Å². The number of amides is 2. The first-order valence-electron chi connectivity index (χ1n) is 11.8. The normalized spacial score (nSPS) is 33.8. The van der Waals surface area contributed by atoms with Crippen LogP contribution in [0.25, 0.3) is 0 Å². The van der Waals surface area contributed by atoms with E-state index in [2.05, 4.69) is 29.1 Å². The summed E-state index contributed by atoms with van der Waals surface area (Å²) < 4.78 is 0. The van der Waals surface area contributed by atoms with Gasteiger partial charge < -0.3 is 15.3 Å². The number of hydrogen-bond donors (Lipinski definition) is 2. The summed E-state index contributed by atoms with van der Waals surface area (Å²) in [5.41, 5.74) is 0.480. The van der Waals surface area contributed by atoms with Gasteiger partial charge in [-0.2, -0.15) is 0 Å². The van der Waals surface area contributed by atoms with E-state index in [1.165, 1.54) is 18.7 Å². The first kappa shape index (κ1) is 23.6. The summed E-state index contributed by atoms with van der Waals surface area (Å²) in [6, 6.07) is -0.0204. The lowest BCUT2D eigenvalue weighted by molar-refractivity contribution is -0.149. The van der Waals surface area contributed by atoms with Crippen molar-refractivity contribution < 1.29 is 14.7 Å². The van der Waals surface area contributed by atoms with Crippen LogP contribution in [0.4, 0.5) is 0 Å². The van der Waals surface area contributed by atoms with E-state index >= 15 is 0 Å². The molecule has 3 rings (SSSR count). The molecule has 1 heterocycles. The highest BCUT2D eigenvalue weighted by Crippen LogP contribution is 2.55. The number of fused-ring (bicyclic) bond motifs is 1. The Labute approximate surface area is 186 Å². The maximum Gasteiger partial charge on any atom is 0.254 e. The van der Waals surface area contributed by atoms with E-state index in [9.17, 15) is 14.7 Å². The number of aromatic nitrogens is 2. The summed E-state index contributed by atoms with van der Waals surface area (Å²) >= 11 is 0. The first-order chi connectivity index (χ1) is 14.7. The molecule has 2 N–H and O–H groups in total. The van der Waals surface area contributed by atoms with Gasteiger partial charge in [0, 0.05) is 37.4 Å². The molecule has 2 aliphatic rings. The zero-order valence-corrected chi connectivity index (χ0v) is 19.5. The minimum Gasteiger partial charge on any atom is -0.392 e. The highest BCUT2D eigenvalue weighted by Gasteiger charge is 2.54. The average molecular weight is 431 g/mol. The van der Waals surface area contributed by atoms with Gasteiger partial charge in [0.25, 0.3) is 5.91 Å². The maximum atomic E-state index is 13.0. The van der Waals surface area contributed by atoms with Gasteiger partial charge >= 0.3 is 0 Å². The van der Waals surface area contributed by atoms with Crippen molar-refractivity contribution in [3.8, 4) is 0 Å². The molecule has 31 heavy (non-hydrogen) atoms. The van der Waals surface area contributed by atoms with Crippen LogP contribution in [-0.4, -0.2) is 57.0 Å². The van der Waals surface area contributed by atoms with Crippen molar-refractivity contribution in [2.75, 3.05) is 13.1 Å². The van der Waals surface area contributed by atoms with Crippen molar-refractivity contribution in [2.24, 2.45) is 29.1 Å². The summed E-state index contributed by atoms with van der Waals surface area (Å²) in [7, 11) is 0. The van der Waals surface area contributed by atoms with Crippen LogP contribution in [-0.2, 0) is 4.79 Å². The number of nitrogens with zero attached hydrogens (tertiary/aromatic N) is 3. The molecule has 0 radical (unpaired) electrons. The Bertz CT molecular complexity index is 769. The molecular weight excluding hydrogens is 392 g/mol. The maximum absolute atomic E-state index is 13.0. The lowest BCUT2D eigenvalue weighted by atomic mass is 9.51. The van der Waals surface area contributed by atoms with E-state index in [0.29, 0.717) is 18.7 Å². The number of carbonyl (C=O) groups is 2. The Hall–Kier alpha value is -2.02. The molecule has 0 bridgehead atoms. The molecule has 0 aromatic carbocycles. The van der Waals surface area contributed by atoms with Crippen LogP contribution in [0.1, 0.15) is 70.7 Å². The summed E-state index contributed by atoms with van der Waals surface area (Å²) in [5, 5.41) is 14.7. The van der Waals surface area contributed by atoms with Gasteiger partial charge in [0.1, 0.15) is 6.33 Å². The van der Waals surface area contributed by atoms with E-state index in [-0.39, 0.29) is 46.9 Å². The second kappa shape index (κ2) is 9.63. The van der Waals surface area contributed by atoms with E-state index in [0.717, 1.165) is 25.7 Å². The highest BCUT2D eigenvalue weighted by molar-refractivity contribution is 5.93. The minimum atomic E-state index is -0.553. The second-order valence-corrected chi connectivity index (χ2v) is 9.78. The summed E-state index contributed by atoms with van der Waals surface area (Å²) in [6.07, 6.45) is 7.62. The molecule has 172 valence electrons. The lowest BCUT2D eigenvalue weighted by Gasteiger charge is -2.56. The van der Waals surface area contributed by atoms with Gasteiger partial charge in [0.15, 0.2) is 0 Å². The van der Waals surface area contributed by atoms with E-state index in [1.807, 2.05) is 25.7 Å². The molecule has 2 aliphatic carbocycles. The molecule has 1 aromatic rings. The topological polar surface area (TPSA) is 95.4 Å². The van der Waals surface area contributed by atoms with E-state index in [4.69, 9.17) is 0 Å². The molecule has 0 aliphatic heterocycles. The van der Waals surface area contributed by atoms with Gasteiger partial charge in [-0.05, 0) is 62.7 Å². The molecule has 0 spiro atoms. The van der Waals surface area contributed by atoms with Crippen molar-refractivity contribution in [2.45, 2.75) is 72.4 Å². The zero-order chi connectivity index (χ0) is 22.8. The second-order valence-electron chi connectivity index (χ2n) is 9.78. The molecule has 7 nitrogen and oxygen atoms in total. The van der Waals surface area contributed by atoms with Crippen molar-refractivity contribution in [1.29, 1.82) is 0 Å². The van der Waals surface area contributed by atoms with Gasteiger partial charge in [-0.25, -0.2) is 9.97 Å². The summed E-state index contributed by atoms with van der Waals surface area (Å²) in [6.45, 7) is 11.8. The van der Waals surface area contributed by atoms with Crippen LogP contribution < -0.4 is 5.32 Å². The molecule has 2 amide bonds. The summed E-state index contributed by atoms with van der Waals surface area (Å²) in [4.78, 5) is 35.4. The fourth-order valence-corrected chi connectivity index (χ4v) is 6.17. The Balaban J connectivity index is 1.75. The lowest BCUT2D eigenvalue weighted by Crippen LogP contribution is -2.58. The number of aliphatic hydroxyl groups excluding tert-OH is 1. The van der Waals surface area contributed by atoms with Gasteiger partial charge in [0.2, 0.25) is 5.91 Å². The smallest absolute Gasteiger partial charge is 0.254 e. The monoisotopic (exact) mass is 430 g/mol. The van der Waals surface area contributed by atoms with Crippen molar-refractivity contribution >= 4 is 11.8 Å². The summed E-state index contributed by atoms with van der Waals surface area (Å²) in [5.74, 6) is -0.137. The van der Waals surface area contributed by atoms with Crippen LogP contribution in [0.2, 0.25) is 0 Å². The quantitative estimate of drug-likeness (QED) is 0.724. The third-order valence-electron chi connectivity index (χ3n) is 8.13. The third kappa shape index (κ3) is 4.61. The number of hydrogen-bond acceptors (Lipinski definition) is 5. The third-order valence-corrected chi connectivity index (χ3v) is 8.13. The standard InChI is InChI=1S/C24H38N4O3/c1-6-28(7-2)23(31)15(3)18-8-10-24(5)11-9-19(16(4)20(24)21(18)29)27-22(30)17-12-25-14-26-13-17/h12-16,18-21,29H,6-11H2,1-5H3,(H,27,30)/t15-,16+,18?,19-,20+,21-,24-/m0/s1. The zero-order valence-electron chi connectivity index (χ0n) is 19.5. The molecule has 2 fully saturated rings. The first-order valence-corrected chi connectivity index (χ1v) is 11.8. The fraction of sp³-hybridized carbons (Fsp3) is 0.750. The van der Waals surface area contributed by atoms with Crippen LogP contribution in [0, 0.1) is 29.1 Å². The molecule has 1 aromatic heterocycles. The van der Waals surface area contributed by atoms with Crippen molar-refractivity contribution in [1.82, 2.24) is 20.2 Å². The van der Waals surface area contributed by atoms with Crippen LogP contribution in [0.5, 0.6) is 0 Å². The Morgan fingerprint density at radius 3 is 2.45 bits per heavy atom. The van der Waals surface area contributed by atoms with Gasteiger partial charge in [0.05, 0.1) is 11.7 Å². The van der Waals surface area contributed by atoms with Crippen LogP contribution >= 0.6 is 0 Å². The molecule has 1 unspecified atom stereocenters.